The molecule has 0 aliphatic rings. The first-order valence-corrected chi connectivity index (χ1v) is 16.4. The third kappa shape index (κ3) is 4.40. The van der Waals surface area contributed by atoms with Crippen LogP contribution in [-0.2, 0) is 0 Å². The molecule has 0 radical (unpaired) electrons. The molecule has 0 atom stereocenters. The number of hydrogen-bond donors (Lipinski definition) is 0. The van der Waals surface area contributed by atoms with Gasteiger partial charge in [-0.05, 0) is 71.5 Å². The van der Waals surface area contributed by atoms with Gasteiger partial charge < -0.3 is 4.57 Å². The fourth-order valence-corrected chi connectivity index (χ4v) is 7.15. The number of pyridine rings is 1. The van der Waals surface area contributed by atoms with E-state index in [1.807, 2.05) is 18.3 Å². The smallest absolute Gasteiger partial charge is 0.138 e. The van der Waals surface area contributed by atoms with Crippen molar-refractivity contribution in [1.82, 2.24) is 14.1 Å². The minimum absolute atomic E-state index is 0.348. The Labute approximate surface area is 279 Å². The van der Waals surface area contributed by atoms with Gasteiger partial charge in [-0.1, -0.05) is 88.4 Å². The molecule has 5 aromatic carbocycles. The standard InChI is InChI=1S/C43H33N5/c1-26(2)28-16-18-40-34(20-28)32-11-5-7-14-38(32)47(40)42-25-46-43(22-36(42)31-13-9-10-30(23-44)37(31)24-45)48-39-15-8-6-12-33(39)35-21-29(27(3)4)17-19-41(35)48/h5-22,25-27H,1-4H3. The molecule has 8 rings (SSSR count). The summed E-state index contributed by atoms with van der Waals surface area (Å²) in [4.78, 5) is 5.17. The molecule has 0 fully saturated rings. The lowest BCUT2D eigenvalue weighted by Crippen LogP contribution is -2.04. The Morgan fingerprint density at radius 1 is 0.542 bits per heavy atom. The summed E-state index contributed by atoms with van der Waals surface area (Å²) in [7, 11) is 0. The third-order valence-electron chi connectivity index (χ3n) is 9.65. The number of nitriles is 2. The van der Waals surface area contributed by atoms with Crippen LogP contribution >= 0.6 is 0 Å². The summed E-state index contributed by atoms with van der Waals surface area (Å²) in [6.07, 6.45) is 1.93. The summed E-state index contributed by atoms with van der Waals surface area (Å²) >= 11 is 0. The van der Waals surface area contributed by atoms with Gasteiger partial charge in [0.05, 0.1) is 45.1 Å². The van der Waals surface area contributed by atoms with Crippen LogP contribution in [0.1, 0.15) is 61.8 Å². The fraction of sp³-hybridized carbons (Fsp3) is 0.140. The van der Waals surface area contributed by atoms with E-state index in [0.717, 1.165) is 49.9 Å². The maximum Gasteiger partial charge on any atom is 0.138 e. The monoisotopic (exact) mass is 619 g/mol. The number of nitrogens with zero attached hydrogens (tertiary/aromatic N) is 5. The average Bonchev–Trinajstić information content (AvgIpc) is 3.63. The summed E-state index contributed by atoms with van der Waals surface area (Å²) < 4.78 is 4.46. The molecule has 0 saturated carbocycles. The van der Waals surface area contributed by atoms with E-state index < -0.39 is 0 Å². The summed E-state index contributed by atoms with van der Waals surface area (Å²) in [6, 6.07) is 42.4. The SMILES string of the molecule is CC(C)c1ccc2c(c1)c1ccccc1n2-c1cc(-c2cccc(C#N)c2C#N)c(-n2c3ccccc3c3cc(C(C)C)ccc32)cn1. The minimum Gasteiger partial charge on any atom is -0.307 e. The Morgan fingerprint density at radius 3 is 1.69 bits per heavy atom. The lowest BCUT2D eigenvalue weighted by molar-refractivity contribution is 0.868. The number of benzene rings is 5. The van der Waals surface area contributed by atoms with Crippen molar-refractivity contribution >= 4 is 43.6 Å². The molecule has 0 spiro atoms. The van der Waals surface area contributed by atoms with E-state index in [9.17, 15) is 10.5 Å². The topological polar surface area (TPSA) is 70.3 Å². The molecule has 0 aliphatic carbocycles. The maximum atomic E-state index is 10.4. The molecular formula is C43H33N5. The van der Waals surface area contributed by atoms with E-state index in [4.69, 9.17) is 4.98 Å². The molecule has 5 nitrogen and oxygen atoms in total. The van der Waals surface area contributed by atoms with Crippen LogP contribution < -0.4 is 0 Å². The number of fused-ring (bicyclic) bond motifs is 6. The second-order valence-corrected chi connectivity index (χ2v) is 13.1. The van der Waals surface area contributed by atoms with Crippen molar-refractivity contribution in [2.45, 2.75) is 39.5 Å². The number of para-hydroxylation sites is 2. The molecular weight excluding hydrogens is 587 g/mol. The first kappa shape index (κ1) is 29.2. The summed E-state index contributed by atoms with van der Waals surface area (Å²) in [5.41, 5.74) is 9.87. The van der Waals surface area contributed by atoms with E-state index in [1.165, 1.54) is 21.9 Å². The molecule has 5 heteroatoms. The summed E-state index contributed by atoms with van der Waals surface area (Å²) in [6.45, 7) is 8.86. The predicted octanol–water partition coefficient (Wildman–Crippen LogP) is 10.9. The van der Waals surface area contributed by atoms with Gasteiger partial charge in [-0.3, -0.25) is 4.57 Å². The first-order valence-electron chi connectivity index (χ1n) is 16.4. The normalized spacial score (nSPS) is 11.7. The zero-order valence-corrected chi connectivity index (χ0v) is 27.4. The molecule has 3 heterocycles. The van der Waals surface area contributed by atoms with Gasteiger partial charge in [0.1, 0.15) is 18.0 Å². The van der Waals surface area contributed by atoms with Crippen LogP contribution in [-0.4, -0.2) is 14.1 Å². The van der Waals surface area contributed by atoms with Crippen molar-refractivity contribution < 1.29 is 0 Å². The highest BCUT2D eigenvalue weighted by Crippen LogP contribution is 2.40. The van der Waals surface area contributed by atoms with Gasteiger partial charge in [-0.2, -0.15) is 10.5 Å². The highest BCUT2D eigenvalue weighted by Gasteiger charge is 2.22. The fourth-order valence-electron chi connectivity index (χ4n) is 7.15. The third-order valence-corrected chi connectivity index (χ3v) is 9.65. The molecule has 8 aromatic rings. The van der Waals surface area contributed by atoms with Crippen molar-refractivity contribution in [3.63, 3.8) is 0 Å². The van der Waals surface area contributed by atoms with Crippen LogP contribution in [0.3, 0.4) is 0 Å². The van der Waals surface area contributed by atoms with Crippen LogP contribution in [0.4, 0.5) is 0 Å². The van der Waals surface area contributed by atoms with E-state index in [0.29, 0.717) is 28.5 Å². The van der Waals surface area contributed by atoms with Gasteiger partial charge in [0.15, 0.2) is 0 Å². The van der Waals surface area contributed by atoms with Gasteiger partial charge in [-0.15, -0.1) is 0 Å². The number of hydrogen-bond acceptors (Lipinski definition) is 3. The van der Waals surface area contributed by atoms with Crippen molar-refractivity contribution in [2.75, 3.05) is 0 Å². The average molecular weight is 620 g/mol. The molecule has 0 bridgehead atoms. The summed E-state index contributed by atoms with van der Waals surface area (Å²) in [5, 5.41) is 25.1. The second kappa shape index (κ2) is 11.3. The molecule has 0 amide bonds. The van der Waals surface area contributed by atoms with Crippen molar-refractivity contribution in [2.24, 2.45) is 0 Å². The van der Waals surface area contributed by atoms with Crippen LogP contribution in [0, 0.1) is 22.7 Å². The zero-order chi connectivity index (χ0) is 33.1. The quantitative estimate of drug-likeness (QED) is 0.192. The van der Waals surface area contributed by atoms with Gasteiger partial charge in [-0.25, -0.2) is 4.98 Å². The van der Waals surface area contributed by atoms with Gasteiger partial charge >= 0.3 is 0 Å². The van der Waals surface area contributed by atoms with E-state index >= 15 is 0 Å². The Kier molecular flexibility index (Phi) is 6.86. The summed E-state index contributed by atoms with van der Waals surface area (Å²) in [5.74, 6) is 1.54. The van der Waals surface area contributed by atoms with Crippen molar-refractivity contribution in [3.05, 3.63) is 138 Å². The minimum atomic E-state index is 0.348. The number of aromatic nitrogens is 3. The Hall–Kier alpha value is -6.17. The Morgan fingerprint density at radius 2 is 1.10 bits per heavy atom. The lowest BCUT2D eigenvalue weighted by atomic mass is 9.95. The highest BCUT2D eigenvalue weighted by atomic mass is 15.1. The van der Waals surface area contributed by atoms with Crippen LogP contribution in [0.5, 0.6) is 0 Å². The van der Waals surface area contributed by atoms with Gasteiger partial charge in [0, 0.05) is 32.7 Å². The van der Waals surface area contributed by atoms with Gasteiger partial charge in [0.25, 0.3) is 0 Å². The van der Waals surface area contributed by atoms with E-state index in [-0.39, 0.29) is 0 Å². The van der Waals surface area contributed by atoms with E-state index in [1.54, 1.807) is 6.07 Å². The molecule has 3 aromatic heterocycles. The largest absolute Gasteiger partial charge is 0.307 e. The lowest BCUT2D eigenvalue weighted by Gasteiger charge is -2.17. The Balaban J connectivity index is 1.49. The molecule has 0 saturated heterocycles. The van der Waals surface area contributed by atoms with Gasteiger partial charge in [0.2, 0.25) is 0 Å². The molecule has 48 heavy (non-hydrogen) atoms. The van der Waals surface area contributed by atoms with Crippen molar-refractivity contribution in [1.29, 1.82) is 10.5 Å². The zero-order valence-electron chi connectivity index (χ0n) is 27.4. The van der Waals surface area contributed by atoms with E-state index in [2.05, 4.69) is 140 Å². The molecule has 0 aliphatic heterocycles. The van der Waals surface area contributed by atoms with Crippen molar-refractivity contribution in [3.8, 4) is 34.8 Å². The molecule has 0 unspecified atom stereocenters. The van der Waals surface area contributed by atoms with Crippen LogP contribution in [0.25, 0.3) is 66.2 Å². The molecule has 230 valence electrons. The highest BCUT2D eigenvalue weighted by molar-refractivity contribution is 6.11. The first-order chi connectivity index (χ1) is 23.4. The predicted molar refractivity (Wildman–Crippen MR) is 196 cm³/mol. The second-order valence-electron chi connectivity index (χ2n) is 13.1. The molecule has 0 N–H and O–H groups in total. The Bertz CT molecular complexity index is 2650. The number of rotatable bonds is 5. The van der Waals surface area contributed by atoms with Crippen LogP contribution in [0.15, 0.2) is 115 Å². The van der Waals surface area contributed by atoms with Crippen LogP contribution in [0.2, 0.25) is 0 Å². The maximum absolute atomic E-state index is 10.4.